The summed E-state index contributed by atoms with van der Waals surface area (Å²) in [5.41, 5.74) is 3.78. The summed E-state index contributed by atoms with van der Waals surface area (Å²) in [7, 11) is 4.00. The molecule has 0 spiro atoms. The highest BCUT2D eigenvalue weighted by atomic mass is 19.1. The maximum atomic E-state index is 13.5. The van der Waals surface area contributed by atoms with Crippen molar-refractivity contribution < 1.29 is 14.0 Å². The molecule has 0 saturated carbocycles. The highest BCUT2D eigenvalue weighted by molar-refractivity contribution is 6.01. The van der Waals surface area contributed by atoms with E-state index < -0.39 is 0 Å². The van der Waals surface area contributed by atoms with Gasteiger partial charge in [0.25, 0.3) is 0 Å². The summed E-state index contributed by atoms with van der Waals surface area (Å²) < 4.78 is 13.5. The van der Waals surface area contributed by atoms with Crippen LogP contribution in [0.2, 0.25) is 0 Å². The van der Waals surface area contributed by atoms with Gasteiger partial charge in [0.1, 0.15) is 5.82 Å². The first-order chi connectivity index (χ1) is 13.5. The zero-order chi connectivity index (χ0) is 20.1. The van der Waals surface area contributed by atoms with Crippen LogP contribution >= 0.6 is 0 Å². The van der Waals surface area contributed by atoms with Gasteiger partial charge >= 0.3 is 0 Å². The maximum absolute atomic E-state index is 13.5. The molecule has 1 atom stereocenters. The van der Waals surface area contributed by atoms with Crippen molar-refractivity contribution in [3.63, 3.8) is 0 Å². The molecule has 28 heavy (non-hydrogen) atoms. The van der Waals surface area contributed by atoms with Gasteiger partial charge in [-0.25, -0.2) is 4.39 Å². The van der Waals surface area contributed by atoms with Gasteiger partial charge in [-0.15, -0.1) is 0 Å². The van der Waals surface area contributed by atoms with E-state index in [1.807, 2.05) is 56.3 Å². The number of carbonyl (C=O) groups excluding carboxylic acids is 1. The van der Waals surface area contributed by atoms with Crippen molar-refractivity contribution in [2.24, 2.45) is 5.16 Å². The Labute approximate surface area is 165 Å². The smallest absolute Gasteiger partial charge is 0.222 e. The van der Waals surface area contributed by atoms with Gasteiger partial charge in [0, 0.05) is 39.2 Å². The van der Waals surface area contributed by atoms with Crippen molar-refractivity contribution in [1.82, 2.24) is 4.90 Å². The van der Waals surface area contributed by atoms with Crippen molar-refractivity contribution in [2.45, 2.75) is 32.4 Å². The number of oxime groups is 1. The molecule has 3 rings (SSSR count). The lowest BCUT2D eigenvalue weighted by molar-refractivity contribution is -0.133. The maximum Gasteiger partial charge on any atom is 0.222 e. The highest BCUT2D eigenvalue weighted by Crippen LogP contribution is 2.21. The van der Waals surface area contributed by atoms with Crippen LogP contribution in [-0.4, -0.2) is 43.3 Å². The Kier molecular flexibility index (Phi) is 6.29. The van der Waals surface area contributed by atoms with E-state index in [1.165, 1.54) is 12.1 Å². The number of benzene rings is 2. The van der Waals surface area contributed by atoms with Crippen molar-refractivity contribution in [3.8, 4) is 0 Å². The van der Waals surface area contributed by atoms with Crippen molar-refractivity contribution in [3.05, 3.63) is 65.5 Å². The lowest BCUT2D eigenvalue weighted by Gasteiger charge is -2.24. The van der Waals surface area contributed by atoms with E-state index >= 15 is 0 Å². The average Bonchev–Trinajstić information content (AvgIpc) is 3.15. The number of hydrogen-bond acceptors (Lipinski definition) is 4. The second-order valence-electron chi connectivity index (χ2n) is 7.17. The summed E-state index contributed by atoms with van der Waals surface area (Å²) in [6.45, 7) is 2.60. The minimum Gasteiger partial charge on any atom is -0.390 e. The van der Waals surface area contributed by atoms with Gasteiger partial charge in [0.15, 0.2) is 6.10 Å². The van der Waals surface area contributed by atoms with E-state index in [1.54, 1.807) is 11.0 Å². The molecule has 0 aromatic heterocycles. The van der Waals surface area contributed by atoms with E-state index in [2.05, 4.69) is 5.16 Å². The van der Waals surface area contributed by atoms with Gasteiger partial charge in [-0.1, -0.05) is 36.3 Å². The van der Waals surface area contributed by atoms with Gasteiger partial charge in [0.2, 0.25) is 5.91 Å². The molecule has 0 saturated heterocycles. The van der Waals surface area contributed by atoms with Crippen LogP contribution in [-0.2, 0) is 16.2 Å². The summed E-state index contributed by atoms with van der Waals surface area (Å²) in [6.07, 6.45) is 0.826. The molecule has 6 heteroatoms. The third-order valence-electron chi connectivity index (χ3n) is 4.79. The molecule has 0 radical (unpaired) electrons. The zero-order valence-corrected chi connectivity index (χ0v) is 16.6. The molecule has 0 N–H and O–H groups in total. The molecular formula is C22H26FN3O2. The van der Waals surface area contributed by atoms with Gasteiger partial charge in [-0.2, -0.15) is 0 Å². The Bertz CT molecular complexity index is 849. The molecule has 1 heterocycles. The molecular weight excluding hydrogens is 357 g/mol. The van der Waals surface area contributed by atoms with Gasteiger partial charge in [0.05, 0.1) is 12.3 Å². The second-order valence-corrected chi connectivity index (χ2v) is 7.17. The molecule has 0 fully saturated rings. The molecule has 0 bridgehead atoms. The quantitative estimate of drug-likeness (QED) is 0.730. The minimum absolute atomic E-state index is 0.0108. The summed E-state index contributed by atoms with van der Waals surface area (Å²) in [5.74, 6) is -0.290. The lowest BCUT2D eigenvalue weighted by atomic mass is 10.0. The number of carbonyl (C=O) groups is 1. The first-order valence-electron chi connectivity index (χ1n) is 9.49. The van der Waals surface area contributed by atoms with E-state index in [9.17, 15) is 9.18 Å². The molecule has 5 nitrogen and oxygen atoms in total. The molecule has 0 aliphatic carbocycles. The summed E-state index contributed by atoms with van der Waals surface area (Å²) in [4.78, 5) is 21.7. The second kappa shape index (κ2) is 8.87. The summed E-state index contributed by atoms with van der Waals surface area (Å²) in [6, 6.07) is 14.5. The monoisotopic (exact) mass is 383 g/mol. The number of nitrogens with zero attached hydrogens (tertiary/aromatic N) is 3. The molecule has 1 aliphatic rings. The minimum atomic E-state index is -0.301. The predicted molar refractivity (Wildman–Crippen MR) is 109 cm³/mol. The average molecular weight is 383 g/mol. The van der Waals surface area contributed by atoms with Crippen molar-refractivity contribution >= 4 is 17.3 Å². The Morgan fingerprint density at radius 2 is 1.96 bits per heavy atom. The molecule has 0 unspecified atom stereocenters. The highest BCUT2D eigenvalue weighted by Gasteiger charge is 2.26. The zero-order valence-electron chi connectivity index (χ0n) is 16.6. The van der Waals surface area contributed by atoms with Crippen LogP contribution in [0.4, 0.5) is 10.1 Å². The Morgan fingerprint density at radius 1 is 1.21 bits per heavy atom. The SMILES string of the molecule is CCC(=O)N(Cc1cccc(F)c1)C[C@H]1CC(c2ccc(N(C)C)cc2)=NO1. The van der Waals surface area contributed by atoms with Gasteiger partial charge in [-0.3, -0.25) is 4.79 Å². The van der Waals surface area contributed by atoms with Crippen molar-refractivity contribution in [2.75, 3.05) is 25.5 Å². The molecule has 148 valence electrons. The number of amides is 1. The third-order valence-corrected chi connectivity index (χ3v) is 4.79. The van der Waals surface area contributed by atoms with Gasteiger partial charge < -0.3 is 14.6 Å². The van der Waals surface area contributed by atoms with Crippen LogP contribution in [0.25, 0.3) is 0 Å². The van der Waals surface area contributed by atoms with E-state index in [0.29, 0.717) is 25.9 Å². The largest absolute Gasteiger partial charge is 0.390 e. The van der Waals surface area contributed by atoms with Crippen LogP contribution in [0.1, 0.15) is 30.9 Å². The number of halogens is 1. The van der Waals surface area contributed by atoms with Crippen LogP contribution in [0.5, 0.6) is 0 Å². The first-order valence-corrected chi connectivity index (χ1v) is 9.49. The Morgan fingerprint density at radius 3 is 2.61 bits per heavy atom. The first kappa shape index (κ1) is 19.9. The van der Waals surface area contributed by atoms with E-state index in [-0.39, 0.29) is 17.8 Å². The van der Waals surface area contributed by atoms with Crippen LogP contribution in [0, 0.1) is 5.82 Å². The number of rotatable bonds is 7. The number of anilines is 1. The fraction of sp³-hybridized carbons (Fsp3) is 0.364. The topological polar surface area (TPSA) is 45.1 Å². The van der Waals surface area contributed by atoms with E-state index in [0.717, 1.165) is 22.5 Å². The number of hydrogen-bond donors (Lipinski definition) is 0. The van der Waals surface area contributed by atoms with E-state index in [4.69, 9.17) is 4.84 Å². The van der Waals surface area contributed by atoms with Crippen LogP contribution < -0.4 is 4.90 Å². The molecule has 1 amide bonds. The fourth-order valence-corrected chi connectivity index (χ4v) is 3.23. The van der Waals surface area contributed by atoms with Crippen molar-refractivity contribution in [1.29, 1.82) is 0 Å². The normalized spacial score (nSPS) is 15.7. The third kappa shape index (κ3) is 4.88. The summed E-state index contributed by atoms with van der Waals surface area (Å²) >= 11 is 0. The molecule has 2 aromatic rings. The van der Waals surface area contributed by atoms with Crippen LogP contribution in [0.3, 0.4) is 0 Å². The molecule has 2 aromatic carbocycles. The Hall–Kier alpha value is -2.89. The van der Waals surface area contributed by atoms with Gasteiger partial charge in [-0.05, 0) is 35.4 Å². The Balaban J connectivity index is 1.64. The molecule has 1 aliphatic heterocycles. The van der Waals surface area contributed by atoms with Crippen LogP contribution in [0.15, 0.2) is 53.7 Å². The fourth-order valence-electron chi connectivity index (χ4n) is 3.23. The predicted octanol–water partition coefficient (Wildman–Crippen LogP) is 3.82. The lowest BCUT2D eigenvalue weighted by Crippen LogP contribution is -2.36. The summed E-state index contributed by atoms with van der Waals surface area (Å²) in [5, 5.41) is 4.23. The standard InChI is InChI=1S/C22H26FN3O2/c1-4-22(27)26(14-16-6-5-7-18(23)12-16)15-20-13-21(24-28-20)17-8-10-19(11-9-17)25(2)3/h5-12,20H,4,13-15H2,1-3H3/t20-/m1/s1.